The van der Waals surface area contributed by atoms with Gasteiger partial charge in [-0.2, -0.15) is 0 Å². The van der Waals surface area contributed by atoms with Gasteiger partial charge in [0.2, 0.25) is 5.91 Å². The van der Waals surface area contributed by atoms with Gasteiger partial charge >= 0.3 is 0 Å². The van der Waals surface area contributed by atoms with Gasteiger partial charge in [0.1, 0.15) is 5.75 Å². The first-order valence-electron chi connectivity index (χ1n) is 8.20. The molecule has 0 aromatic heterocycles. The van der Waals surface area contributed by atoms with Crippen molar-refractivity contribution >= 4 is 11.8 Å². The third-order valence-corrected chi connectivity index (χ3v) is 4.48. The van der Waals surface area contributed by atoms with Gasteiger partial charge in [-0.1, -0.05) is 6.92 Å². The zero-order chi connectivity index (χ0) is 17.0. The molecule has 2 amide bonds. The van der Waals surface area contributed by atoms with Crippen molar-refractivity contribution in [2.24, 2.45) is 0 Å². The van der Waals surface area contributed by atoms with Gasteiger partial charge in [-0.05, 0) is 43.5 Å². The number of ether oxygens (including phenoxy) is 1. The van der Waals surface area contributed by atoms with E-state index in [0.29, 0.717) is 37.4 Å². The van der Waals surface area contributed by atoms with Crippen LogP contribution in [0.2, 0.25) is 0 Å². The molecule has 1 aromatic rings. The number of carbonyl (C=O) groups excluding carboxylic acids is 2. The van der Waals surface area contributed by atoms with E-state index in [9.17, 15) is 9.59 Å². The Morgan fingerprint density at radius 2 is 1.65 bits per heavy atom. The molecule has 2 rings (SSSR count). The smallest absolute Gasteiger partial charge is 0.257 e. The van der Waals surface area contributed by atoms with Gasteiger partial charge < -0.3 is 14.5 Å². The van der Waals surface area contributed by atoms with Crippen LogP contribution < -0.4 is 4.74 Å². The molecular formula is C18H26N2O3. The van der Waals surface area contributed by atoms with Crippen molar-refractivity contribution in [3.8, 4) is 5.75 Å². The molecule has 0 aliphatic carbocycles. The maximum Gasteiger partial charge on any atom is 0.257 e. The highest BCUT2D eigenvalue weighted by molar-refractivity contribution is 5.97. The van der Waals surface area contributed by atoms with Crippen LogP contribution in [-0.2, 0) is 4.79 Å². The Hall–Kier alpha value is -2.04. The Morgan fingerprint density at radius 1 is 1.04 bits per heavy atom. The van der Waals surface area contributed by atoms with E-state index in [2.05, 4.69) is 0 Å². The molecule has 1 aliphatic heterocycles. The number of amides is 2. The van der Waals surface area contributed by atoms with Gasteiger partial charge in [0.15, 0.2) is 0 Å². The van der Waals surface area contributed by atoms with Crippen molar-refractivity contribution in [3.63, 3.8) is 0 Å². The third kappa shape index (κ3) is 3.84. The van der Waals surface area contributed by atoms with Gasteiger partial charge in [0.05, 0.1) is 12.7 Å². The molecule has 0 N–H and O–H groups in total. The van der Waals surface area contributed by atoms with Gasteiger partial charge in [-0.3, -0.25) is 9.59 Å². The number of nitrogens with zero attached hydrogens (tertiary/aromatic N) is 2. The SMILES string of the molecule is CCC(=O)N1CCCN(C(=O)c2cc(C)c(C)cc2OC)CC1. The summed E-state index contributed by atoms with van der Waals surface area (Å²) in [7, 11) is 1.59. The van der Waals surface area contributed by atoms with Crippen LogP contribution in [0.5, 0.6) is 5.75 Å². The molecule has 1 heterocycles. The summed E-state index contributed by atoms with van der Waals surface area (Å²) in [6, 6.07) is 3.81. The summed E-state index contributed by atoms with van der Waals surface area (Å²) in [5.74, 6) is 0.752. The van der Waals surface area contributed by atoms with Crippen molar-refractivity contribution in [1.82, 2.24) is 9.80 Å². The second-order valence-corrected chi connectivity index (χ2v) is 6.02. The standard InChI is InChI=1S/C18H26N2O3/c1-5-17(21)19-7-6-8-20(10-9-19)18(22)15-11-13(2)14(3)12-16(15)23-4/h11-12H,5-10H2,1-4H3. The Balaban J connectivity index is 2.18. The molecule has 5 heteroatoms. The fourth-order valence-electron chi connectivity index (χ4n) is 2.89. The molecule has 126 valence electrons. The summed E-state index contributed by atoms with van der Waals surface area (Å²) >= 11 is 0. The Morgan fingerprint density at radius 3 is 2.30 bits per heavy atom. The quantitative estimate of drug-likeness (QED) is 0.860. The highest BCUT2D eigenvalue weighted by Crippen LogP contribution is 2.25. The predicted octanol–water partition coefficient (Wildman–Crippen LogP) is 2.40. The minimum absolute atomic E-state index is 0.0178. The summed E-state index contributed by atoms with van der Waals surface area (Å²) in [5, 5.41) is 0. The van der Waals surface area contributed by atoms with Gasteiger partial charge in [-0.25, -0.2) is 0 Å². The number of rotatable bonds is 3. The third-order valence-electron chi connectivity index (χ3n) is 4.48. The highest BCUT2D eigenvalue weighted by atomic mass is 16.5. The predicted molar refractivity (Wildman–Crippen MR) is 89.9 cm³/mol. The summed E-state index contributed by atoms with van der Waals surface area (Å²) in [6.45, 7) is 8.44. The zero-order valence-electron chi connectivity index (χ0n) is 14.5. The number of benzene rings is 1. The molecule has 5 nitrogen and oxygen atoms in total. The lowest BCUT2D eigenvalue weighted by atomic mass is 10.0. The van der Waals surface area contributed by atoms with E-state index < -0.39 is 0 Å². The van der Waals surface area contributed by atoms with Crippen molar-refractivity contribution in [2.45, 2.75) is 33.6 Å². The van der Waals surface area contributed by atoms with Crippen LogP contribution >= 0.6 is 0 Å². The van der Waals surface area contributed by atoms with Crippen molar-refractivity contribution < 1.29 is 14.3 Å². The molecule has 0 atom stereocenters. The van der Waals surface area contributed by atoms with E-state index in [1.54, 1.807) is 7.11 Å². The summed E-state index contributed by atoms with van der Waals surface area (Å²) in [5.41, 5.74) is 2.78. The van der Waals surface area contributed by atoms with Crippen molar-refractivity contribution in [2.75, 3.05) is 33.3 Å². The van der Waals surface area contributed by atoms with E-state index in [1.807, 2.05) is 42.7 Å². The molecule has 1 aromatic carbocycles. The number of hydrogen-bond donors (Lipinski definition) is 0. The van der Waals surface area contributed by atoms with Crippen molar-refractivity contribution in [3.05, 3.63) is 28.8 Å². The molecule has 1 fully saturated rings. The van der Waals surface area contributed by atoms with Crippen molar-refractivity contribution in [1.29, 1.82) is 0 Å². The number of carbonyl (C=O) groups is 2. The molecule has 1 saturated heterocycles. The molecule has 0 bridgehead atoms. The van der Waals surface area contributed by atoms with E-state index in [-0.39, 0.29) is 11.8 Å². The average Bonchev–Trinajstić information content (AvgIpc) is 2.81. The lowest BCUT2D eigenvalue weighted by molar-refractivity contribution is -0.130. The summed E-state index contributed by atoms with van der Waals surface area (Å²) < 4.78 is 5.39. The second-order valence-electron chi connectivity index (χ2n) is 6.02. The monoisotopic (exact) mass is 318 g/mol. The Bertz CT molecular complexity index is 598. The minimum Gasteiger partial charge on any atom is -0.496 e. The minimum atomic E-state index is -0.0178. The topological polar surface area (TPSA) is 49.9 Å². The molecule has 0 saturated carbocycles. The van der Waals surface area contributed by atoms with Gasteiger partial charge in [0.25, 0.3) is 5.91 Å². The van der Waals surface area contributed by atoms with Crippen LogP contribution in [0.4, 0.5) is 0 Å². The zero-order valence-corrected chi connectivity index (χ0v) is 14.5. The maximum absolute atomic E-state index is 12.9. The van der Waals surface area contributed by atoms with Crippen LogP contribution in [0, 0.1) is 13.8 Å². The average molecular weight is 318 g/mol. The Kier molecular flexibility index (Phi) is 5.64. The molecular weight excluding hydrogens is 292 g/mol. The largest absolute Gasteiger partial charge is 0.496 e. The fourth-order valence-corrected chi connectivity index (χ4v) is 2.89. The van der Waals surface area contributed by atoms with Crippen LogP contribution in [-0.4, -0.2) is 54.9 Å². The summed E-state index contributed by atoms with van der Waals surface area (Å²) in [6.07, 6.45) is 1.32. The number of methoxy groups -OCH3 is 1. The Labute approximate surface area is 138 Å². The van der Waals surface area contributed by atoms with Gasteiger partial charge in [0, 0.05) is 32.6 Å². The number of hydrogen-bond acceptors (Lipinski definition) is 3. The van der Waals surface area contributed by atoms with Crippen LogP contribution in [0.15, 0.2) is 12.1 Å². The van der Waals surface area contributed by atoms with Crippen LogP contribution in [0.25, 0.3) is 0 Å². The summed E-state index contributed by atoms with van der Waals surface area (Å²) in [4.78, 5) is 28.4. The molecule has 0 spiro atoms. The lowest BCUT2D eigenvalue weighted by Gasteiger charge is -2.23. The molecule has 23 heavy (non-hydrogen) atoms. The maximum atomic E-state index is 12.9. The van der Waals surface area contributed by atoms with E-state index >= 15 is 0 Å². The fraction of sp³-hybridized carbons (Fsp3) is 0.556. The van der Waals surface area contributed by atoms with E-state index in [0.717, 1.165) is 24.1 Å². The second kappa shape index (κ2) is 7.49. The normalized spacial score (nSPS) is 15.3. The first-order valence-corrected chi connectivity index (χ1v) is 8.20. The van der Waals surface area contributed by atoms with E-state index in [4.69, 9.17) is 4.74 Å². The first kappa shape index (κ1) is 17.3. The van der Waals surface area contributed by atoms with E-state index in [1.165, 1.54) is 0 Å². The number of aryl methyl sites for hydroxylation is 2. The molecule has 1 aliphatic rings. The molecule has 0 radical (unpaired) electrons. The molecule has 0 unspecified atom stereocenters. The lowest BCUT2D eigenvalue weighted by Crippen LogP contribution is -2.37. The van der Waals surface area contributed by atoms with Crippen LogP contribution in [0.1, 0.15) is 41.3 Å². The van der Waals surface area contributed by atoms with Crippen LogP contribution in [0.3, 0.4) is 0 Å². The van der Waals surface area contributed by atoms with Gasteiger partial charge in [-0.15, -0.1) is 0 Å². The first-order chi connectivity index (χ1) is 11.0. The highest BCUT2D eigenvalue weighted by Gasteiger charge is 2.24.